The second kappa shape index (κ2) is 5.56. The Morgan fingerprint density at radius 2 is 2.31 bits per heavy atom. The molecule has 3 heteroatoms. The van der Waals surface area contributed by atoms with E-state index in [1.165, 1.54) is 0 Å². The fraction of sp³-hybridized carbons (Fsp3) is 0.400. The van der Waals surface area contributed by atoms with Gasteiger partial charge in [-0.15, -0.1) is 0 Å². The predicted molar refractivity (Wildman–Crippen MR) is 52.7 cm³/mol. The number of aliphatic hydroxyl groups excluding tert-OH is 1. The van der Waals surface area contributed by atoms with Crippen molar-refractivity contribution in [1.29, 1.82) is 0 Å². The van der Waals surface area contributed by atoms with Crippen LogP contribution in [0, 0.1) is 0 Å². The van der Waals surface area contributed by atoms with Crippen molar-refractivity contribution in [3.8, 4) is 0 Å². The average molecular weight is 181 g/mol. The number of rotatable bonds is 5. The van der Waals surface area contributed by atoms with Crippen molar-refractivity contribution in [3.05, 3.63) is 29.8 Å². The largest absolute Gasteiger partial charge is 0.395 e. The lowest BCUT2D eigenvalue weighted by Gasteiger charge is -2.06. The van der Waals surface area contributed by atoms with E-state index in [-0.39, 0.29) is 6.61 Å². The number of benzene rings is 1. The van der Waals surface area contributed by atoms with Crippen molar-refractivity contribution in [3.63, 3.8) is 0 Å². The third kappa shape index (κ3) is 3.44. The number of hydrogen-bond acceptors (Lipinski definition) is 3. The summed E-state index contributed by atoms with van der Waals surface area (Å²) in [6.45, 7) is 1.35. The van der Waals surface area contributed by atoms with Crippen LogP contribution >= 0.6 is 0 Å². The monoisotopic (exact) mass is 181 g/mol. The number of hydrogen-bond donors (Lipinski definition) is 2. The molecule has 0 aliphatic carbocycles. The molecule has 0 aliphatic heterocycles. The molecule has 0 spiro atoms. The number of aliphatic hydroxyl groups is 1. The Labute approximate surface area is 78.3 Å². The summed E-state index contributed by atoms with van der Waals surface area (Å²) in [5.41, 5.74) is 2.15. The van der Waals surface area contributed by atoms with Crippen LogP contribution in [0.4, 0.5) is 5.69 Å². The summed E-state index contributed by atoms with van der Waals surface area (Å²) in [5, 5.41) is 11.7. The Morgan fingerprint density at radius 1 is 1.46 bits per heavy atom. The fourth-order valence-corrected chi connectivity index (χ4v) is 1.14. The van der Waals surface area contributed by atoms with Gasteiger partial charge in [-0.05, 0) is 17.7 Å². The SMILES string of the molecule is COCc1cccc(NCCO)c1. The number of nitrogens with one attached hydrogen (secondary N) is 1. The number of anilines is 1. The van der Waals surface area contributed by atoms with Gasteiger partial charge in [-0.2, -0.15) is 0 Å². The minimum absolute atomic E-state index is 0.147. The first-order valence-corrected chi connectivity index (χ1v) is 4.29. The number of ether oxygens (including phenoxy) is 1. The lowest BCUT2D eigenvalue weighted by Crippen LogP contribution is -2.05. The Kier molecular flexibility index (Phi) is 4.29. The summed E-state index contributed by atoms with van der Waals surface area (Å²) in [4.78, 5) is 0. The summed E-state index contributed by atoms with van der Waals surface area (Å²) in [6, 6.07) is 7.95. The van der Waals surface area contributed by atoms with Gasteiger partial charge in [0.1, 0.15) is 0 Å². The maximum absolute atomic E-state index is 8.61. The van der Waals surface area contributed by atoms with Crippen molar-refractivity contribution >= 4 is 5.69 Å². The Balaban J connectivity index is 2.56. The molecule has 0 saturated heterocycles. The van der Waals surface area contributed by atoms with Gasteiger partial charge in [-0.25, -0.2) is 0 Å². The summed E-state index contributed by atoms with van der Waals surface area (Å²) >= 11 is 0. The molecular weight excluding hydrogens is 166 g/mol. The normalized spacial score (nSPS) is 10.0. The van der Waals surface area contributed by atoms with E-state index in [1.54, 1.807) is 7.11 Å². The van der Waals surface area contributed by atoms with Gasteiger partial charge in [0, 0.05) is 19.3 Å². The molecule has 72 valence electrons. The highest BCUT2D eigenvalue weighted by Gasteiger charge is 1.93. The van der Waals surface area contributed by atoms with E-state index in [4.69, 9.17) is 9.84 Å². The molecule has 0 radical (unpaired) electrons. The van der Waals surface area contributed by atoms with E-state index >= 15 is 0 Å². The second-order valence-corrected chi connectivity index (χ2v) is 2.78. The smallest absolute Gasteiger partial charge is 0.0713 e. The molecule has 1 rings (SSSR count). The highest BCUT2D eigenvalue weighted by Crippen LogP contribution is 2.10. The molecule has 0 fully saturated rings. The molecule has 3 nitrogen and oxygen atoms in total. The Bertz CT molecular complexity index is 250. The quantitative estimate of drug-likeness (QED) is 0.718. The predicted octanol–water partition coefficient (Wildman–Crippen LogP) is 1.24. The molecule has 0 saturated carbocycles. The fourth-order valence-electron chi connectivity index (χ4n) is 1.14. The third-order valence-corrected chi connectivity index (χ3v) is 1.68. The molecule has 0 heterocycles. The minimum atomic E-state index is 0.147. The average Bonchev–Trinajstić information content (AvgIpc) is 2.16. The van der Waals surface area contributed by atoms with Gasteiger partial charge in [0.2, 0.25) is 0 Å². The molecule has 1 aromatic carbocycles. The summed E-state index contributed by atoms with van der Waals surface area (Å²) in [7, 11) is 1.67. The van der Waals surface area contributed by atoms with Crippen LogP contribution in [0.5, 0.6) is 0 Å². The van der Waals surface area contributed by atoms with Crippen LogP contribution in [0.25, 0.3) is 0 Å². The summed E-state index contributed by atoms with van der Waals surface area (Å²) in [6.07, 6.45) is 0. The van der Waals surface area contributed by atoms with Crippen molar-refractivity contribution in [2.45, 2.75) is 6.61 Å². The topological polar surface area (TPSA) is 41.5 Å². The first kappa shape index (κ1) is 10.0. The van der Waals surface area contributed by atoms with Crippen LogP contribution < -0.4 is 5.32 Å². The van der Waals surface area contributed by atoms with Gasteiger partial charge >= 0.3 is 0 Å². The highest BCUT2D eigenvalue weighted by molar-refractivity contribution is 5.45. The molecule has 0 atom stereocenters. The van der Waals surface area contributed by atoms with Crippen LogP contribution in [0.2, 0.25) is 0 Å². The highest BCUT2D eigenvalue weighted by atomic mass is 16.5. The lowest BCUT2D eigenvalue weighted by molar-refractivity contribution is 0.185. The van der Waals surface area contributed by atoms with Gasteiger partial charge in [0.15, 0.2) is 0 Å². The van der Waals surface area contributed by atoms with Gasteiger partial charge in [-0.1, -0.05) is 12.1 Å². The first-order chi connectivity index (χ1) is 6.36. The van der Waals surface area contributed by atoms with E-state index in [9.17, 15) is 0 Å². The molecule has 0 aromatic heterocycles. The van der Waals surface area contributed by atoms with E-state index in [2.05, 4.69) is 5.32 Å². The zero-order chi connectivity index (χ0) is 9.52. The summed E-state index contributed by atoms with van der Waals surface area (Å²) in [5.74, 6) is 0. The minimum Gasteiger partial charge on any atom is -0.395 e. The van der Waals surface area contributed by atoms with Crippen LogP contribution in [-0.4, -0.2) is 25.4 Å². The maximum atomic E-state index is 8.61. The summed E-state index contributed by atoms with van der Waals surface area (Å²) < 4.78 is 5.01. The molecule has 2 N–H and O–H groups in total. The number of methoxy groups -OCH3 is 1. The van der Waals surface area contributed by atoms with Crippen LogP contribution in [0.3, 0.4) is 0 Å². The standard InChI is InChI=1S/C10H15NO2/c1-13-8-9-3-2-4-10(7-9)11-5-6-12/h2-4,7,11-12H,5-6,8H2,1H3. The second-order valence-electron chi connectivity index (χ2n) is 2.78. The maximum Gasteiger partial charge on any atom is 0.0713 e. The molecular formula is C10H15NO2. The van der Waals surface area contributed by atoms with Crippen molar-refractivity contribution in [2.75, 3.05) is 25.6 Å². The van der Waals surface area contributed by atoms with Gasteiger partial charge in [0.05, 0.1) is 13.2 Å². The zero-order valence-electron chi connectivity index (χ0n) is 7.79. The molecule has 13 heavy (non-hydrogen) atoms. The first-order valence-electron chi connectivity index (χ1n) is 4.29. The van der Waals surface area contributed by atoms with Gasteiger partial charge in [0.25, 0.3) is 0 Å². The van der Waals surface area contributed by atoms with E-state index in [1.807, 2.05) is 24.3 Å². The Hall–Kier alpha value is -1.06. The van der Waals surface area contributed by atoms with E-state index in [0.29, 0.717) is 13.2 Å². The van der Waals surface area contributed by atoms with Crippen LogP contribution in [0.1, 0.15) is 5.56 Å². The molecule has 0 aliphatic rings. The third-order valence-electron chi connectivity index (χ3n) is 1.68. The molecule has 1 aromatic rings. The van der Waals surface area contributed by atoms with E-state index in [0.717, 1.165) is 11.3 Å². The van der Waals surface area contributed by atoms with Gasteiger partial charge < -0.3 is 15.2 Å². The van der Waals surface area contributed by atoms with Gasteiger partial charge in [-0.3, -0.25) is 0 Å². The lowest BCUT2D eigenvalue weighted by atomic mass is 10.2. The Morgan fingerprint density at radius 3 is 3.00 bits per heavy atom. The molecule has 0 amide bonds. The van der Waals surface area contributed by atoms with Crippen molar-refractivity contribution < 1.29 is 9.84 Å². The van der Waals surface area contributed by atoms with Crippen molar-refractivity contribution in [1.82, 2.24) is 0 Å². The van der Waals surface area contributed by atoms with Crippen LogP contribution in [-0.2, 0) is 11.3 Å². The molecule has 0 bridgehead atoms. The van der Waals surface area contributed by atoms with E-state index < -0.39 is 0 Å². The van der Waals surface area contributed by atoms with Crippen molar-refractivity contribution in [2.24, 2.45) is 0 Å². The molecule has 0 unspecified atom stereocenters. The van der Waals surface area contributed by atoms with Crippen LogP contribution in [0.15, 0.2) is 24.3 Å². The zero-order valence-corrected chi connectivity index (χ0v) is 7.79.